The third-order valence-electron chi connectivity index (χ3n) is 3.95. The Labute approximate surface area is 119 Å². The van der Waals surface area contributed by atoms with Crippen molar-refractivity contribution in [2.45, 2.75) is 38.6 Å². The van der Waals surface area contributed by atoms with Crippen molar-refractivity contribution in [3.63, 3.8) is 0 Å². The third kappa shape index (κ3) is 4.25. The van der Waals surface area contributed by atoms with Crippen LogP contribution in [0.5, 0.6) is 0 Å². The van der Waals surface area contributed by atoms with Crippen molar-refractivity contribution >= 4 is 0 Å². The van der Waals surface area contributed by atoms with Gasteiger partial charge < -0.3 is 10.1 Å². The number of hydrogen-bond donors (Lipinski definition) is 1. The molecule has 2 nitrogen and oxygen atoms in total. The fourth-order valence-corrected chi connectivity index (χ4v) is 2.78. The van der Waals surface area contributed by atoms with Gasteiger partial charge >= 0.3 is 0 Å². The standard InChI is InChI=1S/C16H23F2NO/c1-2-7-19-16(12-5-8-20-9-6-12)10-13-3-4-14(17)11-15(13)18/h3-4,11-12,16,19H,2,5-10H2,1H3. The van der Waals surface area contributed by atoms with Crippen molar-refractivity contribution in [3.8, 4) is 0 Å². The van der Waals surface area contributed by atoms with Gasteiger partial charge in [0.2, 0.25) is 0 Å². The van der Waals surface area contributed by atoms with Crippen LogP contribution in [0.15, 0.2) is 18.2 Å². The maximum absolute atomic E-state index is 13.8. The van der Waals surface area contributed by atoms with Crippen LogP contribution in [0.3, 0.4) is 0 Å². The van der Waals surface area contributed by atoms with Gasteiger partial charge in [-0.15, -0.1) is 0 Å². The van der Waals surface area contributed by atoms with E-state index in [1.807, 2.05) is 0 Å². The Morgan fingerprint density at radius 3 is 2.70 bits per heavy atom. The highest BCUT2D eigenvalue weighted by Gasteiger charge is 2.24. The van der Waals surface area contributed by atoms with Crippen LogP contribution in [0.25, 0.3) is 0 Å². The maximum Gasteiger partial charge on any atom is 0.129 e. The van der Waals surface area contributed by atoms with Crippen molar-refractivity contribution in [2.24, 2.45) is 5.92 Å². The summed E-state index contributed by atoms with van der Waals surface area (Å²) >= 11 is 0. The van der Waals surface area contributed by atoms with Crippen LogP contribution in [0, 0.1) is 17.6 Å². The molecule has 1 fully saturated rings. The minimum Gasteiger partial charge on any atom is -0.381 e. The van der Waals surface area contributed by atoms with Crippen molar-refractivity contribution in [2.75, 3.05) is 19.8 Å². The van der Waals surface area contributed by atoms with Crippen LogP contribution in [0.4, 0.5) is 8.78 Å². The van der Waals surface area contributed by atoms with Crippen molar-refractivity contribution in [3.05, 3.63) is 35.4 Å². The van der Waals surface area contributed by atoms with Crippen molar-refractivity contribution < 1.29 is 13.5 Å². The largest absolute Gasteiger partial charge is 0.381 e. The summed E-state index contributed by atoms with van der Waals surface area (Å²) < 4.78 is 32.2. The fourth-order valence-electron chi connectivity index (χ4n) is 2.78. The normalized spacial score (nSPS) is 18.1. The average Bonchev–Trinajstić information content (AvgIpc) is 2.46. The number of hydrogen-bond acceptors (Lipinski definition) is 2. The summed E-state index contributed by atoms with van der Waals surface area (Å²) in [7, 11) is 0. The number of rotatable bonds is 6. The molecule has 0 radical (unpaired) electrons. The molecular formula is C16H23F2NO. The molecule has 4 heteroatoms. The second-order valence-electron chi connectivity index (χ2n) is 5.45. The summed E-state index contributed by atoms with van der Waals surface area (Å²) in [6.45, 7) is 4.60. The molecule has 1 heterocycles. The summed E-state index contributed by atoms with van der Waals surface area (Å²) in [6.07, 6.45) is 3.66. The molecule has 1 aliphatic rings. The lowest BCUT2D eigenvalue weighted by Crippen LogP contribution is -2.41. The molecular weight excluding hydrogens is 260 g/mol. The van der Waals surface area contributed by atoms with E-state index in [1.165, 1.54) is 6.07 Å². The van der Waals surface area contributed by atoms with E-state index in [9.17, 15) is 8.78 Å². The number of halogens is 2. The first-order chi connectivity index (χ1) is 9.70. The predicted octanol–water partition coefficient (Wildman–Crippen LogP) is 3.30. The molecule has 0 saturated carbocycles. The zero-order chi connectivity index (χ0) is 14.4. The van der Waals surface area contributed by atoms with Crippen LogP contribution >= 0.6 is 0 Å². The van der Waals surface area contributed by atoms with E-state index in [0.717, 1.165) is 45.1 Å². The van der Waals surface area contributed by atoms with Gasteiger partial charge in [-0.3, -0.25) is 0 Å². The maximum atomic E-state index is 13.8. The third-order valence-corrected chi connectivity index (χ3v) is 3.95. The first kappa shape index (κ1) is 15.4. The van der Waals surface area contributed by atoms with Crippen LogP contribution < -0.4 is 5.32 Å². The first-order valence-electron chi connectivity index (χ1n) is 7.45. The molecule has 1 aliphatic heterocycles. The summed E-state index contributed by atoms with van der Waals surface area (Å²) in [4.78, 5) is 0. The molecule has 112 valence electrons. The molecule has 0 bridgehead atoms. The van der Waals surface area contributed by atoms with Gasteiger partial charge in [0.15, 0.2) is 0 Å². The second kappa shape index (κ2) is 7.70. The molecule has 1 aromatic carbocycles. The van der Waals surface area contributed by atoms with E-state index in [-0.39, 0.29) is 6.04 Å². The minimum atomic E-state index is -0.518. The zero-order valence-electron chi connectivity index (χ0n) is 12.0. The van der Waals surface area contributed by atoms with Gasteiger partial charge in [0.25, 0.3) is 0 Å². The first-order valence-corrected chi connectivity index (χ1v) is 7.45. The van der Waals surface area contributed by atoms with E-state index in [2.05, 4.69) is 12.2 Å². The smallest absolute Gasteiger partial charge is 0.129 e. The Hall–Kier alpha value is -1.00. The number of benzene rings is 1. The molecule has 20 heavy (non-hydrogen) atoms. The van der Waals surface area contributed by atoms with E-state index < -0.39 is 11.6 Å². The highest BCUT2D eigenvalue weighted by atomic mass is 19.1. The highest BCUT2D eigenvalue weighted by molar-refractivity contribution is 5.20. The number of ether oxygens (including phenoxy) is 1. The second-order valence-corrected chi connectivity index (χ2v) is 5.45. The van der Waals surface area contributed by atoms with Gasteiger partial charge in [-0.25, -0.2) is 8.78 Å². The van der Waals surface area contributed by atoms with E-state index in [1.54, 1.807) is 6.07 Å². The molecule has 0 aliphatic carbocycles. The molecule has 1 N–H and O–H groups in total. The molecule has 0 spiro atoms. The van der Waals surface area contributed by atoms with Gasteiger partial charge in [0, 0.05) is 25.3 Å². The number of nitrogens with one attached hydrogen (secondary N) is 1. The van der Waals surface area contributed by atoms with Crippen LogP contribution in [-0.4, -0.2) is 25.8 Å². The van der Waals surface area contributed by atoms with Gasteiger partial charge in [-0.05, 0) is 49.8 Å². The lowest BCUT2D eigenvalue weighted by Gasteiger charge is -2.31. The Bertz CT molecular complexity index is 419. The van der Waals surface area contributed by atoms with Gasteiger partial charge in [-0.1, -0.05) is 13.0 Å². The van der Waals surface area contributed by atoms with Gasteiger partial charge in [0.05, 0.1) is 0 Å². The Balaban J connectivity index is 2.05. The average molecular weight is 283 g/mol. The van der Waals surface area contributed by atoms with Crippen LogP contribution in [0.1, 0.15) is 31.7 Å². The molecule has 2 rings (SSSR count). The van der Waals surface area contributed by atoms with Crippen LogP contribution in [0.2, 0.25) is 0 Å². The lowest BCUT2D eigenvalue weighted by molar-refractivity contribution is 0.0537. The monoisotopic (exact) mass is 283 g/mol. The summed E-state index contributed by atoms with van der Waals surface area (Å²) in [5.74, 6) is -0.463. The molecule has 1 unspecified atom stereocenters. The molecule has 1 atom stereocenters. The lowest BCUT2D eigenvalue weighted by atomic mass is 9.87. The summed E-state index contributed by atoms with van der Waals surface area (Å²) in [5.41, 5.74) is 0.589. The molecule has 1 saturated heterocycles. The molecule has 1 aromatic rings. The van der Waals surface area contributed by atoms with Crippen molar-refractivity contribution in [1.82, 2.24) is 5.32 Å². The minimum absolute atomic E-state index is 0.235. The van der Waals surface area contributed by atoms with E-state index >= 15 is 0 Å². The van der Waals surface area contributed by atoms with E-state index in [4.69, 9.17) is 4.74 Å². The molecule has 0 aromatic heterocycles. The summed E-state index contributed by atoms with van der Waals surface area (Å²) in [6, 6.07) is 4.10. The molecule has 0 amide bonds. The quantitative estimate of drug-likeness (QED) is 0.865. The van der Waals surface area contributed by atoms with Gasteiger partial charge in [0.1, 0.15) is 11.6 Å². The predicted molar refractivity (Wildman–Crippen MR) is 75.7 cm³/mol. The van der Waals surface area contributed by atoms with E-state index in [0.29, 0.717) is 17.9 Å². The van der Waals surface area contributed by atoms with Crippen LogP contribution in [-0.2, 0) is 11.2 Å². The zero-order valence-corrected chi connectivity index (χ0v) is 12.0. The Kier molecular flexibility index (Phi) is 5.92. The Morgan fingerprint density at radius 2 is 2.05 bits per heavy atom. The highest BCUT2D eigenvalue weighted by Crippen LogP contribution is 2.23. The van der Waals surface area contributed by atoms with Crippen molar-refractivity contribution in [1.29, 1.82) is 0 Å². The summed E-state index contributed by atoms with van der Waals surface area (Å²) in [5, 5.41) is 3.51. The van der Waals surface area contributed by atoms with Gasteiger partial charge in [-0.2, -0.15) is 0 Å². The Morgan fingerprint density at radius 1 is 1.30 bits per heavy atom. The topological polar surface area (TPSA) is 21.3 Å². The fraction of sp³-hybridized carbons (Fsp3) is 0.625. The SMILES string of the molecule is CCCNC(Cc1ccc(F)cc1F)C1CCOCC1.